The lowest BCUT2D eigenvalue weighted by Crippen LogP contribution is -2.40. The number of ether oxygens (including phenoxy) is 3. The molecule has 198 valence electrons. The van der Waals surface area contributed by atoms with Crippen molar-refractivity contribution >= 4 is 23.7 Å². The fourth-order valence-corrected chi connectivity index (χ4v) is 3.08. The molecule has 0 bridgehead atoms. The zero-order valence-electron chi connectivity index (χ0n) is 22.0. The average Bonchev–Trinajstić information content (AvgIpc) is 2.60. The van der Waals surface area contributed by atoms with E-state index in [9.17, 15) is 23.9 Å². The number of anilines is 1. The standard InChI is InChI=1S/C25H37F2NO7/c1-13(20(30)33-23(2,3)4)16(21(31)34-24(5,6)7)19(29)17-15(12-11-14(26)18(17)27)28-22(32)35-25(8,9)10/h11-13,16,19,29H,1-10H3,(H,28,32). The van der Waals surface area contributed by atoms with Crippen LogP contribution in [0.15, 0.2) is 12.1 Å². The van der Waals surface area contributed by atoms with Gasteiger partial charge in [0.15, 0.2) is 11.6 Å². The number of carbonyl (C=O) groups excluding carboxylic acids is 3. The van der Waals surface area contributed by atoms with Gasteiger partial charge in [-0.1, -0.05) is 6.92 Å². The number of esters is 2. The SMILES string of the molecule is CC(C(=O)OC(C)(C)C)C(C(=O)OC(C)(C)C)C(O)c1c(NC(=O)OC(C)(C)C)ccc(F)c1F. The van der Waals surface area contributed by atoms with Gasteiger partial charge in [-0.15, -0.1) is 0 Å². The van der Waals surface area contributed by atoms with Gasteiger partial charge in [0.1, 0.15) is 22.7 Å². The van der Waals surface area contributed by atoms with Crippen LogP contribution >= 0.6 is 0 Å². The molecular formula is C25H37F2NO7. The predicted molar refractivity (Wildman–Crippen MR) is 126 cm³/mol. The van der Waals surface area contributed by atoms with E-state index in [1.807, 2.05) is 0 Å². The first-order chi connectivity index (χ1) is 15.6. The van der Waals surface area contributed by atoms with Crippen LogP contribution in [0.25, 0.3) is 0 Å². The van der Waals surface area contributed by atoms with E-state index in [0.29, 0.717) is 0 Å². The normalized spacial score (nSPS) is 15.0. The van der Waals surface area contributed by atoms with E-state index in [4.69, 9.17) is 14.2 Å². The van der Waals surface area contributed by atoms with E-state index >= 15 is 4.39 Å². The maximum atomic E-state index is 15.0. The summed E-state index contributed by atoms with van der Waals surface area (Å²) in [6, 6.07) is 1.77. The second kappa shape index (κ2) is 10.9. The molecule has 0 aromatic heterocycles. The molecular weight excluding hydrogens is 464 g/mol. The van der Waals surface area contributed by atoms with Crippen LogP contribution in [0.4, 0.5) is 19.3 Å². The third-order valence-electron chi connectivity index (χ3n) is 4.40. The summed E-state index contributed by atoms with van der Waals surface area (Å²) in [4.78, 5) is 38.2. The Labute approximate surface area is 205 Å². The minimum Gasteiger partial charge on any atom is -0.460 e. The highest BCUT2D eigenvalue weighted by atomic mass is 19.2. The second-order valence-corrected chi connectivity index (χ2v) is 11.3. The Morgan fingerprint density at radius 3 is 1.74 bits per heavy atom. The summed E-state index contributed by atoms with van der Waals surface area (Å²) in [6.07, 6.45) is -3.08. The van der Waals surface area contributed by atoms with Gasteiger partial charge >= 0.3 is 18.0 Å². The van der Waals surface area contributed by atoms with Crippen molar-refractivity contribution in [2.24, 2.45) is 11.8 Å². The van der Waals surface area contributed by atoms with Gasteiger partial charge in [0, 0.05) is 5.56 Å². The van der Waals surface area contributed by atoms with Gasteiger partial charge in [-0.25, -0.2) is 13.6 Å². The van der Waals surface area contributed by atoms with Crippen LogP contribution in [0, 0.1) is 23.5 Å². The van der Waals surface area contributed by atoms with Gasteiger partial charge < -0.3 is 19.3 Å². The van der Waals surface area contributed by atoms with Crippen molar-refractivity contribution in [3.05, 3.63) is 29.3 Å². The predicted octanol–water partition coefficient (Wildman–Crippen LogP) is 5.28. The Morgan fingerprint density at radius 2 is 1.29 bits per heavy atom. The highest BCUT2D eigenvalue weighted by molar-refractivity contribution is 5.87. The molecule has 0 radical (unpaired) electrons. The number of hydrogen-bond acceptors (Lipinski definition) is 7. The summed E-state index contributed by atoms with van der Waals surface area (Å²) < 4.78 is 45.1. The molecule has 0 spiro atoms. The Hall–Kier alpha value is -2.75. The van der Waals surface area contributed by atoms with Crippen LogP contribution in [0.2, 0.25) is 0 Å². The molecule has 0 saturated carbocycles. The van der Waals surface area contributed by atoms with Gasteiger partial charge in [-0.05, 0) is 74.4 Å². The number of carbonyl (C=O) groups is 3. The van der Waals surface area contributed by atoms with Gasteiger partial charge in [0.05, 0.1) is 17.7 Å². The summed E-state index contributed by atoms with van der Waals surface area (Å²) >= 11 is 0. The second-order valence-electron chi connectivity index (χ2n) is 11.3. The quantitative estimate of drug-likeness (QED) is 0.403. The summed E-state index contributed by atoms with van der Waals surface area (Å²) in [5, 5.41) is 13.5. The number of benzene rings is 1. The van der Waals surface area contributed by atoms with E-state index in [1.165, 1.54) is 6.92 Å². The smallest absolute Gasteiger partial charge is 0.412 e. The number of halogens is 2. The Bertz CT molecular complexity index is 943. The molecule has 0 saturated heterocycles. The molecule has 35 heavy (non-hydrogen) atoms. The first-order valence-electron chi connectivity index (χ1n) is 11.2. The van der Waals surface area contributed by atoms with E-state index in [2.05, 4.69) is 5.32 Å². The van der Waals surface area contributed by atoms with Crippen molar-refractivity contribution < 1.29 is 42.5 Å². The lowest BCUT2D eigenvalue weighted by molar-refractivity contribution is -0.177. The van der Waals surface area contributed by atoms with Crippen LogP contribution in [-0.2, 0) is 23.8 Å². The molecule has 0 aliphatic carbocycles. The number of aliphatic hydroxyl groups is 1. The Kier molecular flexibility index (Phi) is 9.42. The summed E-state index contributed by atoms with van der Waals surface area (Å²) in [5.41, 5.74) is -3.90. The number of aliphatic hydroxyl groups excluding tert-OH is 1. The van der Waals surface area contributed by atoms with Gasteiger partial charge in [0.2, 0.25) is 0 Å². The minimum absolute atomic E-state index is 0.337. The maximum absolute atomic E-state index is 15.0. The average molecular weight is 502 g/mol. The fraction of sp³-hybridized carbons (Fsp3) is 0.640. The van der Waals surface area contributed by atoms with E-state index < -0.39 is 70.0 Å². The van der Waals surface area contributed by atoms with Crippen molar-refractivity contribution in [2.45, 2.75) is 92.1 Å². The molecule has 2 N–H and O–H groups in total. The molecule has 0 heterocycles. The van der Waals surface area contributed by atoms with Crippen LogP contribution in [0.5, 0.6) is 0 Å². The summed E-state index contributed by atoms with van der Waals surface area (Å²) in [7, 11) is 0. The molecule has 3 atom stereocenters. The molecule has 0 aliphatic heterocycles. The highest BCUT2D eigenvalue weighted by Gasteiger charge is 2.43. The zero-order chi connectivity index (χ0) is 27.5. The lowest BCUT2D eigenvalue weighted by Gasteiger charge is -2.32. The third-order valence-corrected chi connectivity index (χ3v) is 4.40. The van der Waals surface area contributed by atoms with Crippen molar-refractivity contribution in [3.63, 3.8) is 0 Å². The van der Waals surface area contributed by atoms with Crippen LogP contribution in [-0.4, -0.2) is 39.9 Å². The molecule has 8 nitrogen and oxygen atoms in total. The monoisotopic (exact) mass is 501 g/mol. The third kappa shape index (κ3) is 9.43. The molecule has 0 aliphatic rings. The van der Waals surface area contributed by atoms with Crippen molar-refractivity contribution in [2.75, 3.05) is 5.32 Å². The van der Waals surface area contributed by atoms with Crippen molar-refractivity contribution in [3.8, 4) is 0 Å². The minimum atomic E-state index is -2.09. The Morgan fingerprint density at radius 1 is 0.829 bits per heavy atom. The van der Waals surface area contributed by atoms with Crippen molar-refractivity contribution in [1.82, 2.24) is 0 Å². The first-order valence-corrected chi connectivity index (χ1v) is 11.2. The summed E-state index contributed by atoms with van der Waals surface area (Å²) in [5.74, 6) is -7.74. The van der Waals surface area contributed by atoms with Gasteiger partial charge in [-0.3, -0.25) is 14.9 Å². The molecule has 0 fully saturated rings. The lowest BCUT2D eigenvalue weighted by atomic mass is 9.84. The van der Waals surface area contributed by atoms with Crippen LogP contribution < -0.4 is 5.32 Å². The number of rotatable bonds is 6. The zero-order valence-corrected chi connectivity index (χ0v) is 22.0. The number of nitrogens with one attached hydrogen (secondary N) is 1. The molecule has 1 rings (SSSR count). The van der Waals surface area contributed by atoms with Crippen molar-refractivity contribution in [1.29, 1.82) is 0 Å². The highest BCUT2D eigenvalue weighted by Crippen LogP contribution is 2.38. The first kappa shape index (κ1) is 30.3. The summed E-state index contributed by atoms with van der Waals surface area (Å²) in [6.45, 7) is 15.7. The van der Waals surface area contributed by atoms with Gasteiger partial charge in [-0.2, -0.15) is 0 Å². The fourth-order valence-electron chi connectivity index (χ4n) is 3.08. The molecule has 3 unspecified atom stereocenters. The molecule has 1 amide bonds. The molecule has 1 aromatic carbocycles. The number of amides is 1. The largest absolute Gasteiger partial charge is 0.460 e. The van der Waals surface area contributed by atoms with Crippen LogP contribution in [0.1, 0.15) is 80.9 Å². The Balaban J connectivity index is 3.57. The van der Waals surface area contributed by atoms with E-state index in [0.717, 1.165) is 12.1 Å². The molecule has 1 aromatic rings. The van der Waals surface area contributed by atoms with E-state index in [1.54, 1.807) is 62.3 Å². The number of hydrogen-bond donors (Lipinski definition) is 2. The van der Waals surface area contributed by atoms with E-state index in [-0.39, 0.29) is 5.69 Å². The maximum Gasteiger partial charge on any atom is 0.412 e. The molecule has 10 heteroatoms. The van der Waals surface area contributed by atoms with Crippen LogP contribution in [0.3, 0.4) is 0 Å². The topological polar surface area (TPSA) is 111 Å². The van der Waals surface area contributed by atoms with Gasteiger partial charge in [0.25, 0.3) is 0 Å².